The van der Waals surface area contributed by atoms with Crippen LogP contribution in [0.25, 0.3) is 0 Å². The van der Waals surface area contributed by atoms with Crippen LogP contribution < -0.4 is 5.32 Å². The molecule has 2 heteroatoms. The molecule has 0 aliphatic heterocycles. The van der Waals surface area contributed by atoms with Gasteiger partial charge in [-0.3, -0.25) is 0 Å². The molecule has 0 radical (unpaired) electrons. The number of ether oxygens (including phenoxy) is 1. The fourth-order valence-electron chi connectivity index (χ4n) is 2.78. The Hall–Kier alpha value is -0.0800. The smallest absolute Gasteiger partial charge is 0.0809 e. The van der Waals surface area contributed by atoms with Crippen LogP contribution in [0.5, 0.6) is 0 Å². The number of likely N-dealkylation sites (N-methyl/N-ethyl adjacent to an activating group) is 1. The lowest BCUT2D eigenvalue weighted by atomic mass is 9.77. The highest BCUT2D eigenvalue weighted by Crippen LogP contribution is 2.36. The highest BCUT2D eigenvalue weighted by Gasteiger charge is 2.36. The number of nitrogens with one attached hydrogen (secondary N) is 1. The second-order valence-electron chi connectivity index (χ2n) is 5.40. The summed E-state index contributed by atoms with van der Waals surface area (Å²) in [5, 5.41) is 3.32. The van der Waals surface area contributed by atoms with Gasteiger partial charge in [-0.2, -0.15) is 0 Å². The molecule has 16 heavy (non-hydrogen) atoms. The molecule has 1 fully saturated rings. The van der Waals surface area contributed by atoms with E-state index in [-0.39, 0.29) is 5.60 Å². The summed E-state index contributed by atoms with van der Waals surface area (Å²) in [6.45, 7) is 7.72. The fourth-order valence-corrected chi connectivity index (χ4v) is 2.78. The summed E-state index contributed by atoms with van der Waals surface area (Å²) >= 11 is 0. The molecule has 1 N–H and O–H groups in total. The quantitative estimate of drug-likeness (QED) is 0.751. The lowest BCUT2D eigenvalue weighted by Gasteiger charge is -2.41. The van der Waals surface area contributed by atoms with E-state index in [1.165, 1.54) is 32.1 Å². The van der Waals surface area contributed by atoms with E-state index in [4.69, 9.17) is 4.74 Å². The van der Waals surface area contributed by atoms with Crippen molar-refractivity contribution in [3.8, 4) is 0 Å². The summed E-state index contributed by atoms with van der Waals surface area (Å²) in [6.07, 6.45) is 7.99. The van der Waals surface area contributed by atoms with E-state index in [1.807, 2.05) is 7.05 Å². The fraction of sp³-hybridized carbons (Fsp3) is 1.00. The van der Waals surface area contributed by atoms with Crippen LogP contribution in [0.15, 0.2) is 0 Å². The number of hydrogen-bond donors (Lipinski definition) is 1. The molecule has 0 amide bonds. The van der Waals surface area contributed by atoms with Crippen LogP contribution in [0, 0.1) is 5.92 Å². The van der Waals surface area contributed by atoms with Gasteiger partial charge in [0.15, 0.2) is 0 Å². The van der Waals surface area contributed by atoms with Crippen LogP contribution >= 0.6 is 0 Å². The largest absolute Gasteiger partial charge is 0.371 e. The summed E-state index contributed by atoms with van der Waals surface area (Å²) in [5.74, 6) is 0.936. The van der Waals surface area contributed by atoms with E-state index in [9.17, 15) is 0 Å². The molecule has 0 aromatic carbocycles. The first kappa shape index (κ1) is 14.0. The average Bonchev–Trinajstić information content (AvgIpc) is 2.30. The van der Waals surface area contributed by atoms with Crippen LogP contribution in [-0.2, 0) is 4.74 Å². The Labute approximate surface area is 101 Å². The predicted molar refractivity (Wildman–Crippen MR) is 69.7 cm³/mol. The molecule has 1 saturated carbocycles. The molecule has 2 nitrogen and oxygen atoms in total. The van der Waals surface area contributed by atoms with Crippen LogP contribution in [0.2, 0.25) is 0 Å². The molecule has 1 aliphatic carbocycles. The van der Waals surface area contributed by atoms with Gasteiger partial charge in [0.1, 0.15) is 0 Å². The van der Waals surface area contributed by atoms with Gasteiger partial charge in [-0.1, -0.05) is 20.3 Å². The van der Waals surface area contributed by atoms with Gasteiger partial charge < -0.3 is 10.1 Å². The highest BCUT2D eigenvalue weighted by molar-refractivity contribution is 4.89. The van der Waals surface area contributed by atoms with E-state index < -0.39 is 0 Å². The van der Waals surface area contributed by atoms with Crippen molar-refractivity contribution in [3.05, 3.63) is 0 Å². The number of rotatable bonds is 6. The zero-order valence-electron chi connectivity index (χ0n) is 11.5. The summed E-state index contributed by atoms with van der Waals surface area (Å²) in [7, 11) is 2.04. The van der Waals surface area contributed by atoms with Gasteiger partial charge in [0, 0.05) is 6.54 Å². The van der Waals surface area contributed by atoms with Crippen LogP contribution in [0.4, 0.5) is 0 Å². The molecule has 0 saturated heterocycles. The molecule has 0 spiro atoms. The van der Waals surface area contributed by atoms with Gasteiger partial charge in [-0.25, -0.2) is 0 Å². The summed E-state index contributed by atoms with van der Waals surface area (Å²) in [5.41, 5.74) is 0.121. The van der Waals surface area contributed by atoms with Gasteiger partial charge >= 0.3 is 0 Å². The van der Waals surface area contributed by atoms with Gasteiger partial charge in [-0.05, 0) is 52.0 Å². The maximum absolute atomic E-state index is 6.30. The van der Waals surface area contributed by atoms with Crippen molar-refractivity contribution in [1.82, 2.24) is 5.32 Å². The Balaban J connectivity index is 2.53. The van der Waals surface area contributed by atoms with E-state index in [0.29, 0.717) is 6.10 Å². The van der Waals surface area contributed by atoms with Gasteiger partial charge in [0.2, 0.25) is 0 Å². The molecule has 1 atom stereocenters. The molecule has 1 rings (SSSR count). The lowest BCUT2D eigenvalue weighted by molar-refractivity contribution is -0.112. The van der Waals surface area contributed by atoms with Crippen LogP contribution in [0.1, 0.15) is 59.3 Å². The Morgan fingerprint density at radius 2 is 1.94 bits per heavy atom. The van der Waals surface area contributed by atoms with Crippen LogP contribution in [0.3, 0.4) is 0 Å². The molecule has 0 aromatic rings. The van der Waals surface area contributed by atoms with Gasteiger partial charge in [0.05, 0.1) is 11.7 Å². The summed E-state index contributed by atoms with van der Waals surface area (Å²) in [6, 6.07) is 0. The number of hydrogen-bond acceptors (Lipinski definition) is 2. The minimum absolute atomic E-state index is 0.121. The van der Waals surface area contributed by atoms with Crippen molar-refractivity contribution in [3.63, 3.8) is 0 Å². The van der Waals surface area contributed by atoms with Gasteiger partial charge in [0.25, 0.3) is 0 Å². The first-order chi connectivity index (χ1) is 7.65. The minimum atomic E-state index is 0.121. The van der Waals surface area contributed by atoms with Crippen molar-refractivity contribution < 1.29 is 4.74 Å². The zero-order chi connectivity index (χ0) is 12.0. The standard InChI is InChI=1S/C14H29NO/c1-5-12(3)16-14(11-15-4)9-7-13(6-2)8-10-14/h12-13,15H,5-11H2,1-4H3. The van der Waals surface area contributed by atoms with Crippen molar-refractivity contribution >= 4 is 0 Å². The average molecular weight is 227 g/mol. The van der Waals surface area contributed by atoms with E-state index >= 15 is 0 Å². The SMILES string of the molecule is CCC1CCC(CNC)(OC(C)CC)CC1. The maximum atomic E-state index is 6.30. The summed E-state index contributed by atoms with van der Waals surface area (Å²) < 4.78 is 6.30. The maximum Gasteiger partial charge on any atom is 0.0809 e. The second kappa shape index (κ2) is 6.61. The highest BCUT2D eigenvalue weighted by atomic mass is 16.5. The van der Waals surface area contributed by atoms with E-state index in [1.54, 1.807) is 0 Å². The molecule has 1 aliphatic rings. The molecular formula is C14H29NO. The molecule has 96 valence electrons. The third-order valence-corrected chi connectivity index (χ3v) is 4.12. The topological polar surface area (TPSA) is 21.3 Å². The Morgan fingerprint density at radius 1 is 1.31 bits per heavy atom. The predicted octanol–water partition coefficient (Wildman–Crippen LogP) is 3.36. The monoisotopic (exact) mass is 227 g/mol. The Bertz CT molecular complexity index is 185. The van der Waals surface area contributed by atoms with E-state index in [2.05, 4.69) is 26.1 Å². The first-order valence-electron chi connectivity index (χ1n) is 6.98. The Kier molecular flexibility index (Phi) is 5.77. The third-order valence-electron chi connectivity index (χ3n) is 4.12. The molecule has 0 bridgehead atoms. The molecule has 0 heterocycles. The van der Waals surface area contributed by atoms with Crippen molar-refractivity contribution in [2.45, 2.75) is 71.0 Å². The lowest BCUT2D eigenvalue weighted by Crippen LogP contribution is -2.46. The summed E-state index contributed by atoms with van der Waals surface area (Å²) in [4.78, 5) is 0. The van der Waals surface area contributed by atoms with Crippen molar-refractivity contribution in [2.75, 3.05) is 13.6 Å². The molecule has 0 aromatic heterocycles. The second-order valence-corrected chi connectivity index (χ2v) is 5.40. The third kappa shape index (κ3) is 3.74. The minimum Gasteiger partial charge on any atom is -0.371 e. The van der Waals surface area contributed by atoms with E-state index in [0.717, 1.165) is 18.9 Å². The molecule has 1 unspecified atom stereocenters. The normalized spacial score (nSPS) is 32.6. The van der Waals surface area contributed by atoms with Gasteiger partial charge in [-0.15, -0.1) is 0 Å². The zero-order valence-corrected chi connectivity index (χ0v) is 11.5. The first-order valence-corrected chi connectivity index (χ1v) is 6.98. The van der Waals surface area contributed by atoms with Crippen LogP contribution in [-0.4, -0.2) is 25.3 Å². The van der Waals surface area contributed by atoms with Crippen molar-refractivity contribution in [1.29, 1.82) is 0 Å². The molecular weight excluding hydrogens is 198 g/mol. The Morgan fingerprint density at radius 3 is 2.38 bits per heavy atom. The van der Waals surface area contributed by atoms with Crippen molar-refractivity contribution in [2.24, 2.45) is 5.92 Å².